The van der Waals surface area contributed by atoms with Crippen LogP contribution in [0.4, 0.5) is 10.5 Å². The van der Waals surface area contributed by atoms with Crippen molar-refractivity contribution >= 4 is 63.8 Å². The summed E-state index contributed by atoms with van der Waals surface area (Å²) in [6, 6.07) is 17.7. The lowest BCUT2D eigenvalue weighted by Gasteiger charge is -2.13. The molecule has 3 aromatic rings. The van der Waals surface area contributed by atoms with Gasteiger partial charge in [0.15, 0.2) is 6.61 Å². The number of benzene rings is 3. The van der Waals surface area contributed by atoms with Gasteiger partial charge in [-0.05, 0) is 84.3 Å². The van der Waals surface area contributed by atoms with E-state index in [2.05, 4.69) is 5.32 Å². The van der Waals surface area contributed by atoms with Gasteiger partial charge < -0.3 is 10.1 Å². The smallest absolute Gasteiger partial charge is 0.293 e. The van der Waals surface area contributed by atoms with E-state index in [-0.39, 0.29) is 24.3 Å². The van der Waals surface area contributed by atoms with Crippen LogP contribution in [0.3, 0.4) is 0 Å². The second-order valence-corrected chi connectivity index (χ2v) is 9.98. The SMILES string of the molecule is Cc1cccc(NC(=O)COc2cccc(/C=C3\SC(=O)N(Cc4ccc(Cl)c(Cl)c4)C3=O)c2)c1C. The maximum Gasteiger partial charge on any atom is 0.293 e. The predicted molar refractivity (Wildman–Crippen MR) is 144 cm³/mol. The molecule has 0 spiro atoms. The van der Waals surface area contributed by atoms with Crippen LogP contribution in [0.2, 0.25) is 10.0 Å². The number of ether oxygens (including phenoxy) is 1. The minimum absolute atomic E-state index is 0.0948. The zero-order chi connectivity index (χ0) is 25.8. The Labute approximate surface area is 223 Å². The molecule has 0 unspecified atom stereocenters. The van der Waals surface area contributed by atoms with Crippen LogP contribution in [-0.4, -0.2) is 28.6 Å². The van der Waals surface area contributed by atoms with Crippen molar-refractivity contribution in [1.29, 1.82) is 0 Å². The molecule has 1 saturated heterocycles. The maximum absolute atomic E-state index is 12.9. The molecule has 3 amide bonds. The number of hydrogen-bond acceptors (Lipinski definition) is 5. The normalized spacial score (nSPS) is 14.4. The van der Waals surface area contributed by atoms with Crippen LogP contribution in [0.5, 0.6) is 5.75 Å². The minimum atomic E-state index is -0.393. The number of thioether (sulfide) groups is 1. The van der Waals surface area contributed by atoms with Gasteiger partial charge in [-0.2, -0.15) is 0 Å². The molecule has 1 aliphatic rings. The Bertz CT molecular complexity index is 1390. The first-order valence-corrected chi connectivity index (χ1v) is 12.6. The van der Waals surface area contributed by atoms with Crippen molar-refractivity contribution in [3.8, 4) is 5.75 Å². The van der Waals surface area contributed by atoms with Crippen molar-refractivity contribution in [2.24, 2.45) is 0 Å². The number of hydrogen-bond donors (Lipinski definition) is 1. The zero-order valence-electron chi connectivity index (χ0n) is 19.5. The van der Waals surface area contributed by atoms with Crippen LogP contribution < -0.4 is 10.1 Å². The van der Waals surface area contributed by atoms with E-state index < -0.39 is 5.91 Å². The number of imide groups is 1. The van der Waals surface area contributed by atoms with Crippen molar-refractivity contribution in [3.63, 3.8) is 0 Å². The quantitative estimate of drug-likeness (QED) is 0.331. The van der Waals surface area contributed by atoms with Crippen LogP contribution in [0, 0.1) is 13.8 Å². The molecule has 0 aliphatic carbocycles. The first kappa shape index (κ1) is 25.8. The Morgan fingerprint density at radius 1 is 1.03 bits per heavy atom. The fourth-order valence-corrected chi connectivity index (χ4v) is 4.68. The fourth-order valence-electron chi connectivity index (χ4n) is 3.52. The fraction of sp³-hybridized carbons (Fsp3) is 0.148. The Morgan fingerprint density at radius 3 is 2.58 bits per heavy atom. The van der Waals surface area contributed by atoms with Gasteiger partial charge in [-0.25, -0.2) is 0 Å². The van der Waals surface area contributed by atoms with E-state index in [0.717, 1.165) is 33.5 Å². The van der Waals surface area contributed by atoms with Gasteiger partial charge >= 0.3 is 0 Å². The van der Waals surface area contributed by atoms with E-state index in [1.807, 2.05) is 32.0 Å². The first-order chi connectivity index (χ1) is 17.2. The average Bonchev–Trinajstić information content (AvgIpc) is 3.10. The van der Waals surface area contributed by atoms with Crippen LogP contribution in [-0.2, 0) is 16.1 Å². The Kier molecular flexibility index (Phi) is 8.04. The number of nitrogens with zero attached hydrogens (tertiary/aromatic N) is 1. The van der Waals surface area contributed by atoms with Gasteiger partial charge in [0.25, 0.3) is 17.1 Å². The van der Waals surface area contributed by atoms with Crippen LogP contribution in [0.15, 0.2) is 65.6 Å². The summed E-state index contributed by atoms with van der Waals surface area (Å²) >= 11 is 12.9. The molecular formula is C27H22Cl2N2O4S. The highest BCUT2D eigenvalue weighted by atomic mass is 35.5. The summed E-state index contributed by atoms with van der Waals surface area (Å²) in [5.74, 6) is -0.206. The number of amides is 3. The summed E-state index contributed by atoms with van der Waals surface area (Å²) in [6.45, 7) is 3.85. The molecule has 3 aromatic carbocycles. The molecule has 0 radical (unpaired) electrons. The molecule has 1 N–H and O–H groups in total. The van der Waals surface area contributed by atoms with E-state index in [4.69, 9.17) is 27.9 Å². The van der Waals surface area contributed by atoms with Crippen molar-refractivity contribution in [3.05, 3.63) is 97.9 Å². The number of nitrogens with one attached hydrogen (secondary N) is 1. The molecule has 0 saturated carbocycles. The molecule has 0 atom stereocenters. The summed E-state index contributed by atoms with van der Waals surface area (Å²) in [5, 5.41) is 3.25. The van der Waals surface area contributed by atoms with E-state index in [1.165, 1.54) is 0 Å². The Balaban J connectivity index is 1.40. The average molecular weight is 541 g/mol. The molecule has 1 aliphatic heterocycles. The van der Waals surface area contributed by atoms with Crippen LogP contribution >= 0.6 is 35.0 Å². The molecule has 1 fully saturated rings. The number of aryl methyl sites for hydroxylation is 1. The van der Waals surface area contributed by atoms with Gasteiger partial charge in [0.1, 0.15) is 5.75 Å². The number of anilines is 1. The third-order valence-electron chi connectivity index (χ3n) is 5.60. The molecule has 1 heterocycles. The molecular weight excluding hydrogens is 519 g/mol. The van der Waals surface area contributed by atoms with Crippen molar-refractivity contribution < 1.29 is 19.1 Å². The monoisotopic (exact) mass is 540 g/mol. The third-order valence-corrected chi connectivity index (χ3v) is 7.25. The Morgan fingerprint density at radius 2 is 1.81 bits per heavy atom. The zero-order valence-corrected chi connectivity index (χ0v) is 21.8. The molecule has 0 aromatic heterocycles. The number of halogens is 2. The van der Waals surface area contributed by atoms with E-state index >= 15 is 0 Å². The highest BCUT2D eigenvalue weighted by Gasteiger charge is 2.35. The summed E-state index contributed by atoms with van der Waals surface area (Å²) in [7, 11) is 0. The van der Waals surface area contributed by atoms with Gasteiger partial charge in [0, 0.05) is 5.69 Å². The van der Waals surface area contributed by atoms with Crippen molar-refractivity contribution in [1.82, 2.24) is 4.90 Å². The van der Waals surface area contributed by atoms with Gasteiger partial charge in [-0.15, -0.1) is 0 Å². The van der Waals surface area contributed by atoms with E-state index in [9.17, 15) is 14.4 Å². The number of rotatable bonds is 7. The van der Waals surface area contributed by atoms with Crippen LogP contribution in [0.25, 0.3) is 6.08 Å². The molecule has 0 bridgehead atoms. The third kappa shape index (κ3) is 6.10. The van der Waals surface area contributed by atoms with Gasteiger partial charge in [0.2, 0.25) is 0 Å². The minimum Gasteiger partial charge on any atom is -0.484 e. The molecule has 4 rings (SSSR count). The summed E-state index contributed by atoms with van der Waals surface area (Å²) in [6.07, 6.45) is 1.63. The first-order valence-electron chi connectivity index (χ1n) is 11.0. The topological polar surface area (TPSA) is 75.7 Å². The van der Waals surface area contributed by atoms with Gasteiger partial charge in [-0.1, -0.05) is 53.5 Å². The molecule has 36 heavy (non-hydrogen) atoms. The van der Waals surface area contributed by atoms with Crippen molar-refractivity contribution in [2.45, 2.75) is 20.4 Å². The summed E-state index contributed by atoms with van der Waals surface area (Å²) < 4.78 is 5.65. The van der Waals surface area contributed by atoms with Crippen molar-refractivity contribution in [2.75, 3.05) is 11.9 Å². The van der Waals surface area contributed by atoms with Gasteiger partial charge in [-0.3, -0.25) is 19.3 Å². The highest BCUT2D eigenvalue weighted by Crippen LogP contribution is 2.34. The largest absolute Gasteiger partial charge is 0.484 e. The number of carbonyl (C=O) groups is 3. The van der Waals surface area contributed by atoms with Gasteiger partial charge in [0.05, 0.1) is 21.5 Å². The Hall–Kier alpha value is -3.26. The molecule has 184 valence electrons. The lowest BCUT2D eigenvalue weighted by molar-refractivity contribution is -0.123. The lowest BCUT2D eigenvalue weighted by Crippen LogP contribution is -2.27. The standard InChI is InChI=1S/C27H22Cl2N2O4S/c1-16-5-3-8-23(17(16)2)30-25(32)15-35-20-7-4-6-18(11-20)13-24-26(33)31(27(34)36-24)14-19-9-10-21(28)22(29)12-19/h3-13H,14-15H2,1-2H3,(H,30,32)/b24-13-. The van der Waals surface area contributed by atoms with E-state index in [0.29, 0.717) is 31.8 Å². The predicted octanol–water partition coefficient (Wildman–Crippen LogP) is 6.86. The highest BCUT2D eigenvalue weighted by molar-refractivity contribution is 8.18. The second-order valence-electron chi connectivity index (χ2n) is 8.17. The lowest BCUT2D eigenvalue weighted by atomic mass is 10.1. The van der Waals surface area contributed by atoms with E-state index in [1.54, 1.807) is 48.5 Å². The number of carbonyl (C=O) groups excluding carboxylic acids is 3. The van der Waals surface area contributed by atoms with Crippen LogP contribution in [0.1, 0.15) is 22.3 Å². The second kappa shape index (κ2) is 11.2. The summed E-state index contributed by atoms with van der Waals surface area (Å²) in [4.78, 5) is 39.2. The summed E-state index contributed by atoms with van der Waals surface area (Å²) in [5.41, 5.74) is 4.20. The molecule has 6 nitrogen and oxygen atoms in total. The maximum atomic E-state index is 12.9. The molecule has 9 heteroatoms.